The van der Waals surface area contributed by atoms with Crippen molar-refractivity contribution in [2.45, 2.75) is 36.9 Å². The summed E-state index contributed by atoms with van der Waals surface area (Å²) in [7, 11) is -3.31. The van der Waals surface area contributed by atoms with Crippen LogP contribution in [0.2, 0.25) is 0 Å². The summed E-state index contributed by atoms with van der Waals surface area (Å²) in [5, 5.41) is 0.0567. The van der Waals surface area contributed by atoms with E-state index in [0.717, 1.165) is 23.3 Å². The van der Waals surface area contributed by atoms with E-state index in [-0.39, 0.29) is 22.3 Å². The smallest absolute Gasteiger partial charge is 0.407 e. The molecule has 0 radical (unpaired) electrons. The van der Waals surface area contributed by atoms with E-state index in [2.05, 4.69) is 4.85 Å². The molecule has 0 aromatic heterocycles. The average Bonchev–Trinajstić information content (AvgIpc) is 2.94. The molecule has 3 rings (SSSR count). The molecule has 186 valence electrons. The van der Waals surface area contributed by atoms with Crippen LogP contribution < -0.4 is 9.64 Å². The number of hydrogen-bond donors (Lipinski definition) is 0. The standard InChI is InChI=1S/C23H22F3N3O4S2/c1-22(2)20(30)29(15-6-11-19(27-3)18(14-15)23(24,25)26)21(34)28(22)12-5-13-33-16-7-9-17(10-8-16)35(4,31)32/h6-11,14H,5,12-13H2,1-2,4H3. The molecule has 12 heteroatoms. The van der Waals surface area contributed by atoms with E-state index in [0.29, 0.717) is 18.7 Å². The summed E-state index contributed by atoms with van der Waals surface area (Å²) in [6.45, 7) is 10.8. The van der Waals surface area contributed by atoms with Crippen molar-refractivity contribution in [3.05, 3.63) is 59.4 Å². The van der Waals surface area contributed by atoms with Gasteiger partial charge in [0.05, 0.1) is 23.6 Å². The first-order chi connectivity index (χ1) is 16.2. The van der Waals surface area contributed by atoms with Crippen LogP contribution in [0.3, 0.4) is 0 Å². The van der Waals surface area contributed by atoms with E-state index in [1.807, 2.05) is 0 Å². The van der Waals surface area contributed by atoms with Crippen molar-refractivity contribution < 1.29 is 31.1 Å². The number of alkyl halides is 3. The van der Waals surface area contributed by atoms with Gasteiger partial charge in [-0.25, -0.2) is 13.3 Å². The van der Waals surface area contributed by atoms with Crippen molar-refractivity contribution >= 4 is 44.4 Å². The third-order valence-corrected chi connectivity index (χ3v) is 7.07. The fourth-order valence-electron chi connectivity index (χ4n) is 3.62. The zero-order valence-corrected chi connectivity index (χ0v) is 20.7. The zero-order valence-electron chi connectivity index (χ0n) is 19.1. The van der Waals surface area contributed by atoms with E-state index < -0.39 is 38.7 Å². The topological polar surface area (TPSA) is 71.3 Å². The first-order valence-electron chi connectivity index (χ1n) is 10.4. The van der Waals surface area contributed by atoms with Crippen LogP contribution in [0, 0.1) is 6.57 Å². The maximum Gasteiger partial charge on any atom is 0.407 e. The van der Waals surface area contributed by atoms with Crippen LogP contribution in [0.4, 0.5) is 24.5 Å². The van der Waals surface area contributed by atoms with Gasteiger partial charge in [-0.1, -0.05) is 6.07 Å². The second-order valence-corrected chi connectivity index (χ2v) is 10.8. The molecule has 1 amide bonds. The monoisotopic (exact) mass is 525 g/mol. The lowest BCUT2D eigenvalue weighted by molar-refractivity contribution is -0.136. The minimum atomic E-state index is -4.76. The zero-order chi connectivity index (χ0) is 26.2. The highest BCUT2D eigenvalue weighted by Crippen LogP contribution is 2.40. The summed E-state index contributed by atoms with van der Waals surface area (Å²) in [5.74, 6) is -0.0126. The second-order valence-electron chi connectivity index (χ2n) is 8.39. The summed E-state index contributed by atoms with van der Waals surface area (Å²) in [6.07, 6.45) is -3.22. The average molecular weight is 526 g/mol. The third kappa shape index (κ3) is 5.41. The SMILES string of the molecule is [C-]#[N+]c1ccc(N2C(=O)C(C)(C)N(CCCOc3ccc(S(C)(=O)=O)cc3)C2=S)cc1C(F)(F)F. The molecule has 1 heterocycles. The Bertz CT molecular complexity index is 1300. The minimum absolute atomic E-state index is 0.0567. The lowest BCUT2D eigenvalue weighted by atomic mass is 10.0. The Kier molecular flexibility index (Phi) is 7.15. The molecule has 0 aliphatic carbocycles. The fraction of sp³-hybridized carbons (Fsp3) is 0.348. The van der Waals surface area contributed by atoms with E-state index in [1.165, 1.54) is 30.3 Å². The molecule has 0 atom stereocenters. The Labute approximate surface area is 206 Å². The molecule has 1 aliphatic heterocycles. The van der Waals surface area contributed by atoms with Crippen LogP contribution in [0.5, 0.6) is 5.75 Å². The predicted molar refractivity (Wildman–Crippen MR) is 128 cm³/mol. The quantitative estimate of drug-likeness (QED) is 0.293. The van der Waals surface area contributed by atoms with Gasteiger partial charge in [0.1, 0.15) is 11.3 Å². The van der Waals surface area contributed by atoms with Crippen molar-refractivity contribution in [1.82, 2.24) is 4.90 Å². The van der Waals surface area contributed by atoms with Crippen LogP contribution in [-0.2, 0) is 20.8 Å². The number of ether oxygens (including phenoxy) is 1. The molecule has 0 saturated carbocycles. The molecular formula is C23H22F3N3O4S2. The molecule has 2 aromatic rings. The van der Waals surface area contributed by atoms with Gasteiger partial charge >= 0.3 is 6.18 Å². The van der Waals surface area contributed by atoms with Crippen LogP contribution in [0.15, 0.2) is 47.4 Å². The normalized spacial score (nSPS) is 15.9. The van der Waals surface area contributed by atoms with Gasteiger partial charge in [0.25, 0.3) is 5.91 Å². The molecule has 1 fully saturated rings. The van der Waals surface area contributed by atoms with Gasteiger partial charge in [-0.15, -0.1) is 0 Å². The van der Waals surface area contributed by atoms with Crippen LogP contribution in [-0.4, -0.2) is 49.3 Å². The van der Waals surface area contributed by atoms with Crippen LogP contribution in [0.25, 0.3) is 4.85 Å². The largest absolute Gasteiger partial charge is 0.494 e. The van der Waals surface area contributed by atoms with Crippen molar-refractivity contribution in [1.29, 1.82) is 0 Å². The summed E-state index contributed by atoms with van der Waals surface area (Å²) < 4.78 is 69.0. The van der Waals surface area contributed by atoms with Gasteiger partial charge in [-0.2, -0.15) is 13.2 Å². The molecule has 1 saturated heterocycles. The van der Waals surface area contributed by atoms with Crippen molar-refractivity contribution in [3.63, 3.8) is 0 Å². The lowest BCUT2D eigenvalue weighted by Gasteiger charge is -2.29. The Hall–Kier alpha value is -3.17. The van der Waals surface area contributed by atoms with E-state index in [1.54, 1.807) is 18.7 Å². The molecule has 2 aromatic carbocycles. The first kappa shape index (κ1) is 26.4. The number of nitrogens with zero attached hydrogens (tertiary/aromatic N) is 3. The summed E-state index contributed by atoms with van der Waals surface area (Å²) in [5.41, 5.74) is -2.85. The van der Waals surface area contributed by atoms with E-state index in [9.17, 15) is 26.4 Å². The molecule has 0 N–H and O–H groups in total. The number of amides is 1. The highest BCUT2D eigenvalue weighted by molar-refractivity contribution is 7.90. The summed E-state index contributed by atoms with van der Waals surface area (Å²) in [4.78, 5) is 18.9. The van der Waals surface area contributed by atoms with Crippen molar-refractivity contribution in [2.75, 3.05) is 24.3 Å². The molecule has 0 bridgehead atoms. The maximum absolute atomic E-state index is 13.4. The second kappa shape index (κ2) is 9.47. The maximum atomic E-state index is 13.4. The molecular weight excluding hydrogens is 503 g/mol. The molecule has 1 aliphatic rings. The highest BCUT2D eigenvalue weighted by atomic mass is 32.2. The van der Waals surface area contributed by atoms with Gasteiger partial charge < -0.3 is 9.64 Å². The molecule has 7 nitrogen and oxygen atoms in total. The molecule has 0 unspecified atom stereocenters. The summed E-state index contributed by atoms with van der Waals surface area (Å²) in [6, 6.07) is 9.02. The van der Waals surface area contributed by atoms with Gasteiger partial charge in [-0.05, 0) is 68.9 Å². The Morgan fingerprint density at radius 1 is 1.14 bits per heavy atom. The third-order valence-electron chi connectivity index (χ3n) is 5.53. The lowest BCUT2D eigenvalue weighted by Crippen LogP contribution is -2.44. The molecule has 35 heavy (non-hydrogen) atoms. The number of halogens is 3. The minimum Gasteiger partial charge on any atom is -0.494 e. The number of hydrogen-bond acceptors (Lipinski definition) is 5. The van der Waals surface area contributed by atoms with E-state index >= 15 is 0 Å². The van der Waals surface area contributed by atoms with Gasteiger partial charge in [0.2, 0.25) is 0 Å². The Morgan fingerprint density at radius 2 is 1.77 bits per heavy atom. The number of rotatable bonds is 7. The van der Waals surface area contributed by atoms with Crippen LogP contribution in [0.1, 0.15) is 25.8 Å². The van der Waals surface area contributed by atoms with Crippen LogP contribution >= 0.6 is 12.2 Å². The number of thiocarbonyl (C=S) groups is 1. The predicted octanol–water partition coefficient (Wildman–Crippen LogP) is 4.84. The number of sulfone groups is 1. The van der Waals surface area contributed by atoms with E-state index in [4.69, 9.17) is 23.5 Å². The Morgan fingerprint density at radius 3 is 2.31 bits per heavy atom. The highest BCUT2D eigenvalue weighted by Gasteiger charge is 2.49. The van der Waals surface area contributed by atoms with Gasteiger partial charge in [0.15, 0.2) is 20.6 Å². The van der Waals surface area contributed by atoms with Gasteiger partial charge in [0, 0.05) is 18.5 Å². The number of anilines is 1. The number of benzene rings is 2. The van der Waals surface area contributed by atoms with Gasteiger partial charge in [-0.3, -0.25) is 9.69 Å². The number of carbonyl (C=O) groups is 1. The fourth-order valence-corrected chi connectivity index (χ4v) is 4.76. The van der Waals surface area contributed by atoms with Crippen molar-refractivity contribution in [3.8, 4) is 5.75 Å². The summed E-state index contributed by atoms with van der Waals surface area (Å²) >= 11 is 5.45. The first-order valence-corrected chi connectivity index (χ1v) is 12.7. The Balaban J connectivity index is 1.72. The molecule has 0 spiro atoms. The number of carbonyl (C=O) groups excluding carboxylic acids is 1. The van der Waals surface area contributed by atoms with Crippen molar-refractivity contribution in [2.24, 2.45) is 0 Å².